The highest BCUT2D eigenvalue weighted by atomic mass is 16.5. The number of rotatable bonds is 6. The molecule has 3 aliphatic carbocycles. The summed E-state index contributed by atoms with van der Waals surface area (Å²) in [6.07, 6.45) is 22.8. The van der Waals surface area contributed by atoms with Crippen molar-refractivity contribution in [2.75, 3.05) is 7.11 Å². The Hall–Kier alpha value is -0.0400. The Kier molecular flexibility index (Phi) is 7.50. The van der Waals surface area contributed by atoms with E-state index in [0.29, 0.717) is 6.10 Å². The van der Waals surface area contributed by atoms with Gasteiger partial charge in [0.15, 0.2) is 0 Å². The molecule has 0 unspecified atom stereocenters. The number of ether oxygens (including phenoxy) is 1. The van der Waals surface area contributed by atoms with Crippen LogP contribution in [0.15, 0.2) is 0 Å². The second-order valence-corrected chi connectivity index (χ2v) is 9.38. The molecule has 0 aromatic carbocycles. The fourth-order valence-electron chi connectivity index (χ4n) is 6.35. The maximum absolute atomic E-state index is 5.67. The van der Waals surface area contributed by atoms with Crippen LogP contribution >= 0.6 is 0 Å². The zero-order valence-electron chi connectivity index (χ0n) is 16.5. The average molecular weight is 335 g/mol. The van der Waals surface area contributed by atoms with Gasteiger partial charge in [0.05, 0.1) is 6.10 Å². The molecule has 140 valence electrons. The molecule has 24 heavy (non-hydrogen) atoms. The van der Waals surface area contributed by atoms with Gasteiger partial charge in [0.1, 0.15) is 0 Å². The minimum Gasteiger partial charge on any atom is -0.381 e. The molecule has 2 atom stereocenters. The fraction of sp³-hybridized carbons (Fsp3) is 1.00. The molecule has 3 fully saturated rings. The molecule has 3 rings (SSSR count). The van der Waals surface area contributed by atoms with Crippen LogP contribution in [0.25, 0.3) is 0 Å². The van der Waals surface area contributed by atoms with Crippen molar-refractivity contribution in [3.63, 3.8) is 0 Å². The van der Waals surface area contributed by atoms with E-state index in [1.165, 1.54) is 57.8 Å². The van der Waals surface area contributed by atoms with E-state index in [2.05, 4.69) is 6.92 Å². The van der Waals surface area contributed by atoms with Gasteiger partial charge in [-0.15, -0.1) is 0 Å². The Morgan fingerprint density at radius 2 is 1.29 bits per heavy atom. The molecule has 0 amide bonds. The quantitative estimate of drug-likeness (QED) is 0.508. The van der Waals surface area contributed by atoms with E-state index >= 15 is 0 Å². The zero-order chi connectivity index (χ0) is 16.8. The van der Waals surface area contributed by atoms with Crippen molar-refractivity contribution in [1.29, 1.82) is 0 Å². The molecule has 1 nitrogen and oxygen atoms in total. The Morgan fingerprint density at radius 3 is 1.88 bits per heavy atom. The van der Waals surface area contributed by atoms with Crippen molar-refractivity contribution >= 4 is 0 Å². The molecule has 0 N–H and O–H groups in total. The van der Waals surface area contributed by atoms with E-state index in [-0.39, 0.29) is 0 Å². The first kappa shape index (κ1) is 18.7. The molecule has 0 aromatic rings. The maximum atomic E-state index is 5.67. The lowest BCUT2D eigenvalue weighted by molar-refractivity contribution is 0.0246. The first-order valence-corrected chi connectivity index (χ1v) is 11.3. The predicted molar refractivity (Wildman–Crippen MR) is 103 cm³/mol. The molecule has 3 aliphatic rings. The maximum Gasteiger partial charge on any atom is 0.0574 e. The van der Waals surface area contributed by atoms with Crippen LogP contribution in [0.2, 0.25) is 0 Å². The summed E-state index contributed by atoms with van der Waals surface area (Å²) in [5, 5.41) is 0. The van der Waals surface area contributed by atoms with Crippen molar-refractivity contribution < 1.29 is 4.74 Å². The van der Waals surface area contributed by atoms with Crippen molar-refractivity contribution in [3.05, 3.63) is 0 Å². The van der Waals surface area contributed by atoms with E-state index in [9.17, 15) is 0 Å². The van der Waals surface area contributed by atoms with Crippen LogP contribution in [-0.4, -0.2) is 13.2 Å². The summed E-state index contributed by atoms with van der Waals surface area (Å²) in [5.41, 5.74) is 0. The van der Waals surface area contributed by atoms with Crippen LogP contribution in [0.5, 0.6) is 0 Å². The molecule has 0 saturated heterocycles. The Labute approximate surface area is 151 Å². The van der Waals surface area contributed by atoms with Crippen LogP contribution in [0.1, 0.15) is 103 Å². The molecular weight excluding hydrogens is 292 g/mol. The smallest absolute Gasteiger partial charge is 0.0574 e. The second kappa shape index (κ2) is 9.60. The van der Waals surface area contributed by atoms with E-state index in [1.807, 2.05) is 7.11 Å². The topological polar surface area (TPSA) is 9.23 Å². The highest BCUT2D eigenvalue weighted by Crippen LogP contribution is 2.45. The van der Waals surface area contributed by atoms with Crippen LogP contribution < -0.4 is 0 Å². The second-order valence-electron chi connectivity index (χ2n) is 9.38. The molecule has 0 radical (unpaired) electrons. The predicted octanol–water partition coefficient (Wildman–Crippen LogP) is 6.99. The molecule has 0 aliphatic heterocycles. The van der Waals surface area contributed by atoms with Gasteiger partial charge in [-0.2, -0.15) is 0 Å². The van der Waals surface area contributed by atoms with Crippen LogP contribution in [0, 0.1) is 29.6 Å². The van der Waals surface area contributed by atoms with Gasteiger partial charge in [0.25, 0.3) is 0 Å². The van der Waals surface area contributed by atoms with E-state index < -0.39 is 0 Å². The Balaban J connectivity index is 1.38. The van der Waals surface area contributed by atoms with Gasteiger partial charge in [0, 0.05) is 7.11 Å². The van der Waals surface area contributed by atoms with Gasteiger partial charge >= 0.3 is 0 Å². The SMILES string of the molecule is CCCCC1CCC(C2CCC([C@H]3CCC[C@@H](OC)C3)CC2)CC1. The van der Waals surface area contributed by atoms with Crippen molar-refractivity contribution in [1.82, 2.24) is 0 Å². The summed E-state index contributed by atoms with van der Waals surface area (Å²) >= 11 is 0. The van der Waals surface area contributed by atoms with E-state index in [0.717, 1.165) is 29.6 Å². The van der Waals surface area contributed by atoms with Gasteiger partial charge in [-0.05, 0) is 87.4 Å². The van der Waals surface area contributed by atoms with Crippen LogP contribution in [-0.2, 0) is 4.74 Å². The highest BCUT2D eigenvalue weighted by molar-refractivity contribution is 4.86. The highest BCUT2D eigenvalue weighted by Gasteiger charge is 2.34. The zero-order valence-corrected chi connectivity index (χ0v) is 16.5. The Morgan fingerprint density at radius 1 is 0.708 bits per heavy atom. The van der Waals surface area contributed by atoms with Gasteiger partial charge in [-0.25, -0.2) is 0 Å². The summed E-state index contributed by atoms with van der Waals surface area (Å²) in [6.45, 7) is 2.34. The molecule has 0 aromatic heterocycles. The molecule has 3 saturated carbocycles. The lowest BCUT2D eigenvalue weighted by Crippen LogP contribution is -2.31. The van der Waals surface area contributed by atoms with Gasteiger partial charge in [-0.1, -0.05) is 45.4 Å². The minimum absolute atomic E-state index is 0.569. The van der Waals surface area contributed by atoms with Gasteiger partial charge < -0.3 is 4.74 Å². The monoisotopic (exact) mass is 334 g/mol. The first-order chi connectivity index (χ1) is 11.8. The van der Waals surface area contributed by atoms with Crippen molar-refractivity contribution in [2.24, 2.45) is 29.6 Å². The summed E-state index contributed by atoms with van der Waals surface area (Å²) in [4.78, 5) is 0. The molecule has 0 spiro atoms. The normalized spacial score (nSPS) is 41.2. The molecule has 1 heteroatoms. The summed E-state index contributed by atoms with van der Waals surface area (Å²) in [6, 6.07) is 0. The van der Waals surface area contributed by atoms with Crippen molar-refractivity contribution in [2.45, 2.75) is 109 Å². The minimum atomic E-state index is 0.569. The van der Waals surface area contributed by atoms with E-state index in [4.69, 9.17) is 4.74 Å². The lowest BCUT2D eigenvalue weighted by Gasteiger charge is -2.41. The third kappa shape index (κ3) is 4.99. The van der Waals surface area contributed by atoms with Gasteiger partial charge in [0.2, 0.25) is 0 Å². The largest absolute Gasteiger partial charge is 0.381 e. The average Bonchev–Trinajstić information content (AvgIpc) is 2.67. The number of unbranched alkanes of at least 4 members (excludes halogenated alkanes) is 1. The third-order valence-corrected chi connectivity index (χ3v) is 8.01. The summed E-state index contributed by atoms with van der Waals surface area (Å²) < 4.78 is 5.67. The molecule has 0 bridgehead atoms. The standard InChI is InChI=1S/C23H42O/c1-3-4-6-18-9-11-19(12-10-18)20-13-15-21(16-14-20)22-7-5-8-23(17-22)24-2/h18-23H,3-17H2,1-2H3/t18?,19?,20?,21?,22-,23+/m0/s1. The first-order valence-electron chi connectivity index (χ1n) is 11.3. The number of methoxy groups -OCH3 is 1. The fourth-order valence-corrected chi connectivity index (χ4v) is 6.35. The molecule has 0 heterocycles. The Bertz CT molecular complexity index is 336. The van der Waals surface area contributed by atoms with Gasteiger partial charge in [-0.3, -0.25) is 0 Å². The van der Waals surface area contributed by atoms with Crippen LogP contribution in [0.3, 0.4) is 0 Å². The van der Waals surface area contributed by atoms with Crippen molar-refractivity contribution in [3.8, 4) is 0 Å². The van der Waals surface area contributed by atoms with E-state index in [1.54, 1.807) is 38.5 Å². The number of hydrogen-bond donors (Lipinski definition) is 0. The summed E-state index contributed by atoms with van der Waals surface area (Å²) in [5.74, 6) is 5.25. The third-order valence-electron chi connectivity index (χ3n) is 8.01. The molecular formula is C23H42O. The summed E-state index contributed by atoms with van der Waals surface area (Å²) in [7, 11) is 1.92. The van der Waals surface area contributed by atoms with Crippen LogP contribution in [0.4, 0.5) is 0 Å². The number of hydrogen-bond acceptors (Lipinski definition) is 1. The lowest BCUT2D eigenvalue weighted by atomic mass is 9.65.